The molecule has 0 bridgehead atoms. The van der Waals surface area contributed by atoms with Crippen LogP contribution in [0.5, 0.6) is 0 Å². The van der Waals surface area contributed by atoms with Crippen molar-refractivity contribution in [1.29, 1.82) is 0 Å². The molecule has 96 valence electrons. The number of hydrogen-bond donors (Lipinski definition) is 1. The van der Waals surface area contributed by atoms with Crippen molar-refractivity contribution in [3.05, 3.63) is 22.8 Å². The third kappa shape index (κ3) is 2.10. The summed E-state index contributed by atoms with van der Waals surface area (Å²) in [5.74, 6) is 0.971. The monoisotopic (exact) mass is 247 g/mol. The fraction of sp³-hybridized carbons (Fsp3) is 0.615. The van der Waals surface area contributed by atoms with Crippen LogP contribution in [0.1, 0.15) is 53.3 Å². The van der Waals surface area contributed by atoms with Crippen LogP contribution in [-0.4, -0.2) is 29.1 Å². The second kappa shape index (κ2) is 4.65. The lowest BCUT2D eigenvalue weighted by Crippen LogP contribution is -2.28. The topological polar surface area (TPSA) is 64.1 Å². The van der Waals surface area contributed by atoms with Gasteiger partial charge in [0.15, 0.2) is 5.69 Å². The molecule has 3 rings (SSSR count). The van der Waals surface area contributed by atoms with E-state index < -0.39 is 0 Å². The molecule has 0 unspecified atom stereocenters. The average molecular weight is 247 g/mol. The Bertz CT molecular complexity index is 483. The van der Waals surface area contributed by atoms with E-state index in [-0.39, 0.29) is 5.97 Å². The maximum absolute atomic E-state index is 12.0. The fourth-order valence-corrected chi connectivity index (χ4v) is 2.25. The van der Waals surface area contributed by atoms with Gasteiger partial charge in [0.05, 0.1) is 12.3 Å². The SMILES string of the molecule is CCOC(=O)c1nc(C2CC2)nc2c1CNCC2. The summed E-state index contributed by atoms with van der Waals surface area (Å²) in [6.45, 7) is 3.76. The zero-order chi connectivity index (χ0) is 12.5. The number of nitrogens with zero attached hydrogens (tertiary/aromatic N) is 2. The molecule has 0 spiro atoms. The van der Waals surface area contributed by atoms with E-state index in [1.807, 2.05) is 6.92 Å². The van der Waals surface area contributed by atoms with Crippen molar-refractivity contribution in [3.63, 3.8) is 0 Å². The second-order valence-corrected chi connectivity index (χ2v) is 4.78. The molecule has 1 N–H and O–H groups in total. The van der Waals surface area contributed by atoms with Gasteiger partial charge in [-0.25, -0.2) is 14.8 Å². The molecule has 5 nitrogen and oxygen atoms in total. The average Bonchev–Trinajstić information content (AvgIpc) is 3.22. The number of aromatic nitrogens is 2. The van der Waals surface area contributed by atoms with Crippen molar-refractivity contribution in [1.82, 2.24) is 15.3 Å². The Morgan fingerprint density at radius 1 is 1.44 bits per heavy atom. The van der Waals surface area contributed by atoms with E-state index in [1.54, 1.807) is 0 Å². The molecule has 1 fully saturated rings. The van der Waals surface area contributed by atoms with Crippen LogP contribution in [0.25, 0.3) is 0 Å². The van der Waals surface area contributed by atoms with Gasteiger partial charge in [-0.1, -0.05) is 0 Å². The lowest BCUT2D eigenvalue weighted by Gasteiger charge is -2.19. The summed E-state index contributed by atoms with van der Waals surface area (Å²) in [4.78, 5) is 21.0. The summed E-state index contributed by atoms with van der Waals surface area (Å²) >= 11 is 0. The van der Waals surface area contributed by atoms with Crippen molar-refractivity contribution >= 4 is 5.97 Å². The van der Waals surface area contributed by atoms with Crippen LogP contribution in [0.15, 0.2) is 0 Å². The lowest BCUT2D eigenvalue weighted by molar-refractivity contribution is 0.0516. The van der Waals surface area contributed by atoms with E-state index >= 15 is 0 Å². The third-order valence-corrected chi connectivity index (χ3v) is 3.36. The van der Waals surface area contributed by atoms with Crippen molar-refractivity contribution < 1.29 is 9.53 Å². The Morgan fingerprint density at radius 2 is 2.28 bits per heavy atom. The van der Waals surface area contributed by atoms with Gasteiger partial charge >= 0.3 is 5.97 Å². The van der Waals surface area contributed by atoms with E-state index in [2.05, 4.69) is 15.3 Å². The van der Waals surface area contributed by atoms with Crippen LogP contribution >= 0.6 is 0 Å². The molecule has 2 aliphatic rings. The van der Waals surface area contributed by atoms with E-state index in [1.165, 1.54) is 0 Å². The van der Waals surface area contributed by atoms with Gasteiger partial charge in [0.2, 0.25) is 0 Å². The number of rotatable bonds is 3. The first-order valence-electron chi connectivity index (χ1n) is 6.57. The zero-order valence-electron chi connectivity index (χ0n) is 10.5. The highest BCUT2D eigenvalue weighted by molar-refractivity contribution is 5.89. The number of hydrogen-bond acceptors (Lipinski definition) is 5. The van der Waals surface area contributed by atoms with Gasteiger partial charge in [0, 0.05) is 31.0 Å². The van der Waals surface area contributed by atoms with Crippen molar-refractivity contribution in [2.75, 3.05) is 13.2 Å². The number of nitrogens with one attached hydrogen (secondary N) is 1. The largest absolute Gasteiger partial charge is 0.461 e. The predicted molar refractivity (Wildman–Crippen MR) is 65.4 cm³/mol. The second-order valence-electron chi connectivity index (χ2n) is 4.78. The fourth-order valence-electron chi connectivity index (χ4n) is 2.25. The van der Waals surface area contributed by atoms with Crippen molar-refractivity contribution in [2.45, 2.75) is 38.6 Å². The predicted octanol–water partition coefficient (Wildman–Crippen LogP) is 1.18. The molecule has 0 radical (unpaired) electrons. The van der Waals surface area contributed by atoms with Gasteiger partial charge in [-0.2, -0.15) is 0 Å². The molecule has 2 heterocycles. The van der Waals surface area contributed by atoms with Crippen LogP contribution in [0, 0.1) is 0 Å². The van der Waals surface area contributed by atoms with Gasteiger partial charge in [0.25, 0.3) is 0 Å². The van der Waals surface area contributed by atoms with Gasteiger partial charge < -0.3 is 10.1 Å². The summed E-state index contributed by atoms with van der Waals surface area (Å²) < 4.78 is 5.09. The molecular formula is C13H17N3O2. The molecule has 18 heavy (non-hydrogen) atoms. The first-order valence-corrected chi connectivity index (χ1v) is 6.57. The summed E-state index contributed by atoms with van der Waals surface area (Å²) in [5.41, 5.74) is 2.41. The number of fused-ring (bicyclic) bond motifs is 1. The number of esters is 1. The maximum atomic E-state index is 12.0. The lowest BCUT2D eigenvalue weighted by atomic mass is 10.0. The molecule has 5 heteroatoms. The number of ether oxygens (including phenoxy) is 1. The quantitative estimate of drug-likeness (QED) is 0.812. The minimum atomic E-state index is -0.318. The van der Waals surface area contributed by atoms with E-state index in [0.717, 1.165) is 42.9 Å². The highest BCUT2D eigenvalue weighted by Crippen LogP contribution is 2.38. The summed E-state index contributed by atoms with van der Waals surface area (Å²) in [6, 6.07) is 0. The third-order valence-electron chi connectivity index (χ3n) is 3.36. The molecule has 1 aromatic heterocycles. The minimum absolute atomic E-state index is 0.318. The van der Waals surface area contributed by atoms with Crippen LogP contribution in [0.4, 0.5) is 0 Å². The van der Waals surface area contributed by atoms with Gasteiger partial charge in [0.1, 0.15) is 5.82 Å². The van der Waals surface area contributed by atoms with Crippen LogP contribution in [-0.2, 0) is 17.7 Å². The smallest absolute Gasteiger partial charge is 0.357 e. The molecule has 0 atom stereocenters. The molecule has 1 aliphatic carbocycles. The Labute approximate surface area is 106 Å². The van der Waals surface area contributed by atoms with Crippen LogP contribution in [0.3, 0.4) is 0 Å². The summed E-state index contributed by atoms with van der Waals surface area (Å²) in [5, 5.41) is 3.25. The standard InChI is InChI=1S/C13H17N3O2/c1-2-18-13(17)11-9-7-14-6-5-10(9)15-12(16-11)8-3-4-8/h8,14H,2-7H2,1H3. The molecule has 0 saturated heterocycles. The summed E-state index contributed by atoms with van der Waals surface area (Å²) in [7, 11) is 0. The Balaban J connectivity index is 2.03. The highest BCUT2D eigenvalue weighted by Gasteiger charge is 2.30. The van der Waals surface area contributed by atoms with Gasteiger partial charge in [-0.15, -0.1) is 0 Å². The molecule has 1 saturated carbocycles. The normalized spacial score (nSPS) is 18.3. The Morgan fingerprint density at radius 3 is 3.00 bits per heavy atom. The minimum Gasteiger partial charge on any atom is -0.461 e. The molecule has 0 aromatic carbocycles. The van der Waals surface area contributed by atoms with E-state index in [9.17, 15) is 4.79 Å². The van der Waals surface area contributed by atoms with E-state index in [0.29, 0.717) is 24.8 Å². The molecule has 1 aromatic rings. The van der Waals surface area contributed by atoms with Crippen molar-refractivity contribution in [2.24, 2.45) is 0 Å². The molecule has 0 amide bonds. The number of carbonyl (C=O) groups is 1. The first-order chi connectivity index (χ1) is 8.79. The Hall–Kier alpha value is -1.49. The summed E-state index contributed by atoms with van der Waals surface area (Å²) in [6.07, 6.45) is 3.14. The van der Waals surface area contributed by atoms with Gasteiger partial charge in [-0.3, -0.25) is 0 Å². The van der Waals surface area contributed by atoms with Crippen molar-refractivity contribution in [3.8, 4) is 0 Å². The van der Waals surface area contributed by atoms with E-state index in [4.69, 9.17) is 4.74 Å². The maximum Gasteiger partial charge on any atom is 0.357 e. The van der Waals surface area contributed by atoms with Crippen LogP contribution in [0.2, 0.25) is 0 Å². The zero-order valence-corrected chi connectivity index (χ0v) is 10.5. The molecule has 1 aliphatic heterocycles. The first kappa shape index (κ1) is 11.6. The van der Waals surface area contributed by atoms with Gasteiger partial charge in [-0.05, 0) is 19.8 Å². The molecular weight excluding hydrogens is 230 g/mol. The van der Waals surface area contributed by atoms with Crippen LogP contribution < -0.4 is 5.32 Å². The number of carbonyl (C=O) groups excluding carboxylic acids is 1. The highest BCUT2D eigenvalue weighted by atomic mass is 16.5. The Kier molecular flexibility index (Phi) is 2.99.